The summed E-state index contributed by atoms with van der Waals surface area (Å²) in [5.41, 5.74) is 8.28. The first-order valence-electron chi connectivity index (χ1n) is 19.8. The molecule has 6 heterocycles. The number of carbonyl (C=O) groups is 2. The quantitative estimate of drug-likeness (QED) is 0.158. The summed E-state index contributed by atoms with van der Waals surface area (Å²) in [5, 5.41) is 22.9. The Labute approximate surface area is 417 Å². The SMILES string of the molecule is C(=C\c1ccncc1)/c1ccncc1.C(=C\c1ccncc1)/c1ccncc1.C(=C\c1ccncc1)/c1ccncc1.CC(=O)Nc1ccc(O)cc1.CC(=O)Nc1ccc(O)cc1.O.O.O.O.O.O.O.O. The van der Waals surface area contributed by atoms with E-state index in [1.54, 1.807) is 98.6 Å². The number of hydrogen-bond acceptors (Lipinski definition) is 10. The van der Waals surface area contributed by atoms with Crippen molar-refractivity contribution in [2.24, 2.45) is 0 Å². The number of anilines is 2. The summed E-state index contributed by atoms with van der Waals surface area (Å²) in [7, 11) is 0. The molecule has 0 aliphatic carbocycles. The number of phenolic OH excluding ortho intramolecular Hbond substituents is 2. The van der Waals surface area contributed by atoms with Crippen molar-refractivity contribution >= 4 is 59.6 Å². The molecule has 0 atom stereocenters. The zero-order chi connectivity index (χ0) is 45.5. The third-order valence-corrected chi connectivity index (χ3v) is 8.02. The average Bonchev–Trinajstić information content (AvgIpc) is 3.34. The molecule has 384 valence electrons. The van der Waals surface area contributed by atoms with Crippen LogP contribution in [0.3, 0.4) is 0 Å². The molecule has 0 saturated carbocycles. The van der Waals surface area contributed by atoms with E-state index >= 15 is 0 Å². The molecule has 0 spiro atoms. The Hall–Kier alpha value is -9.22. The number of phenols is 2. The van der Waals surface area contributed by atoms with Crippen LogP contribution in [0.15, 0.2) is 196 Å². The first-order chi connectivity index (χ1) is 31.2. The van der Waals surface area contributed by atoms with Gasteiger partial charge in [0.2, 0.25) is 11.8 Å². The number of pyridine rings is 6. The van der Waals surface area contributed by atoms with Crippen LogP contribution in [0.2, 0.25) is 0 Å². The fourth-order valence-corrected chi connectivity index (χ4v) is 4.92. The molecule has 8 aromatic rings. The van der Waals surface area contributed by atoms with Gasteiger partial charge in [0.05, 0.1) is 0 Å². The molecule has 0 fully saturated rings. The minimum atomic E-state index is -0.115. The molecule has 72 heavy (non-hydrogen) atoms. The standard InChI is InChI=1S/3C12H10N2.2C8H9NO2.8H2O/c3*1(11-3-7-13-8-4-11)2-12-5-9-14-10-6-12;2*1-6(10)9-7-2-4-8(11)5-3-7;;;;;;;;/h3*1-10H;2*2-5,11H,1H3,(H,9,10);8*1H2/b3*2-1+;;;;;;;;;;. The third-order valence-electron chi connectivity index (χ3n) is 8.02. The predicted molar refractivity (Wildman–Crippen MR) is 286 cm³/mol. The smallest absolute Gasteiger partial charge is 0.221 e. The van der Waals surface area contributed by atoms with Crippen LogP contribution in [0, 0.1) is 0 Å². The lowest BCUT2D eigenvalue weighted by Gasteiger charge is -1.99. The van der Waals surface area contributed by atoms with Gasteiger partial charge in [-0.1, -0.05) is 36.5 Å². The van der Waals surface area contributed by atoms with Gasteiger partial charge in [-0.05, 0) is 155 Å². The predicted octanol–water partition coefficient (Wildman–Crippen LogP) is 4.04. The van der Waals surface area contributed by atoms with E-state index in [0.717, 1.165) is 33.4 Å². The van der Waals surface area contributed by atoms with Crippen molar-refractivity contribution in [3.63, 3.8) is 0 Å². The molecule has 0 bridgehead atoms. The molecule has 0 aliphatic heterocycles. The van der Waals surface area contributed by atoms with Crippen molar-refractivity contribution in [2.45, 2.75) is 13.8 Å². The molecule has 20 nitrogen and oxygen atoms in total. The van der Waals surface area contributed by atoms with Crippen LogP contribution in [0.1, 0.15) is 47.2 Å². The Kier molecular flexibility index (Phi) is 43.0. The fraction of sp³-hybridized carbons (Fsp3) is 0.0385. The molecule has 0 radical (unpaired) electrons. The summed E-state index contributed by atoms with van der Waals surface area (Å²) in [4.78, 5) is 44.8. The lowest BCUT2D eigenvalue weighted by Crippen LogP contribution is -2.04. The topological polar surface area (TPSA) is 428 Å². The number of nitrogens with one attached hydrogen (secondary N) is 2. The highest BCUT2D eigenvalue weighted by Crippen LogP contribution is 2.14. The molecule has 2 aromatic carbocycles. The van der Waals surface area contributed by atoms with Crippen LogP contribution >= 0.6 is 0 Å². The summed E-state index contributed by atoms with van der Waals surface area (Å²) in [6, 6.07) is 36.3. The second-order valence-corrected chi connectivity index (χ2v) is 13.1. The minimum Gasteiger partial charge on any atom is -0.508 e. The lowest BCUT2D eigenvalue weighted by molar-refractivity contribution is -0.115. The zero-order valence-corrected chi connectivity index (χ0v) is 39.3. The first kappa shape index (κ1) is 71.8. The van der Waals surface area contributed by atoms with E-state index < -0.39 is 0 Å². The summed E-state index contributed by atoms with van der Waals surface area (Å²) >= 11 is 0. The molecule has 20 heteroatoms. The highest BCUT2D eigenvalue weighted by atomic mass is 16.3. The second kappa shape index (κ2) is 43.1. The van der Waals surface area contributed by atoms with Crippen LogP contribution in [0.5, 0.6) is 11.5 Å². The molecule has 2 amide bonds. The molecule has 0 saturated heterocycles. The minimum absolute atomic E-state index is 0. The number of amides is 2. The molecule has 0 unspecified atom stereocenters. The maximum atomic E-state index is 10.5. The number of aromatic hydroxyl groups is 2. The average molecular weight is 993 g/mol. The van der Waals surface area contributed by atoms with Gasteiger partial charge < -0.3 is 64.7 Å². The number of nitrogens with zero attached hydrogens (tertiary/aromatic N) is 6. The highest BCUT2D eigenvalue weighted by Gasteiger charge is 1.95. The van der Waals surface area contributed by atoms with E-state index in [1.807, 2.05) is 72.8 Å². The largest absolute Gasteiger partial charge is 0.508 e. The number of hydrogen-bond donors (Lipinski definition) is 4. The van der Waals surface area contributed by atoms with Crippen molar-refractivity contribution in [1.82, 2.24) is 29.9 Å². The van der Waals surface area contributed by atoms with Gasteiger partial charge in [0, 0.05) is 99.6 Å². The Morgan fingerprint density at radius 1 is 0.306 bits per heavy atom. The summed E-state index contributed by atoms with van der Waals surface area (Å²) < 4.78 is 0. The number of carbonyl (C=O) groups excluding carboxylic acids is 2. The van der Waals surface area contributed by atoms with Crippen LogP contribution < -0.4 is 10.6 Å². The lowest BCUT2D eigenvalue weighted by atomic mass is 10.2. The third kappa shape index (κ3) is 32.5. The normalized spacial score (nSPS) is 8.97. The monoisotopic (exact) mass is 992 g/mol. The fourth-order valence-electron chi connectivity index (χ4n) is 4.92. The Bertz CT molecular complexity index is 2220. The van der Waals surface area contributed by atoms with Crippen LogP contribution in [0.4, 0.5) is 11.4 Å². The van der Waals surface area contributed by atoms with Gasteiger partial charge in [0.25, 0.3) is 0 Å². The van der Waals surface area contributed by atoms with Gasteiger partial charge in [-0.25, -0.2) is 0 Å². The molecule has 0 aliphatic rings. The Morgan fingerprint density at radius 3 is 0.597 bits per heavy atom. The Morgan fingerprint density at radius 2 is 0.458 bits per heavy atom. The maximum absolute atomic E-state index is 10.5. The summed E-state index contributed by atoms with van der Waals surface area (Å²) in [5.74, 6) is 0.157. The molecular formula is C52H64N8O12. The van der Waals surface area contributed by atoms with Gasteiger partial charge in [-0.2, -0.15) is 0 Å². The highest BCUT2D eigenvalue weighted by molar-refractivity contribution is 5.89. The van der Waals surface area contributed by atoms with Crippen molar-refractivity contribution in [1.29, 1.82) is 0 Å². The van der Waals surface area contributed by atoms with Gasteiger partial charge >= 0.3 is 0 Å². The van der Waals surface area contributed by atoms with Gasteiger partial charge in [-0.15, -0.1) is 0 Å². The van der Waals surface area contributed by atoms with E-state index in [4.69, 9.17) is 10.2 Å². The molecule has 8 rings (SSSR count). The van der Waals surface area contributed by atoms with Crippen LogP contribution in [0.25, 0.3) is 36.5 Å². The second-order valence-electron chi connectivity index (χ2n) is 13.1. The van der Waals surface area contributed by atoms with Gasteiger partial charge in [0.1, 0.15) is 11.5 Å². The van der Waals surface area contributed by atoms with Crippen LogP contribution in [-0.2, 0) is 9.59 Å². The van der Waals surface area contributed by atoms with Crippen molar-refractivity contribution < 1.29 is 63.6 Å². The maximum Gasteiger partial charge on any atom is 0.221 e. The summed E-state index contributed by atoms with van der Waals surface area (Å²) in [6.07, 6.45) is 33.7. The number of rotatable bonds is 8. The number of aromatic nitrogens is 6. The van der Waals surface area contributed by atoms with Gasteiger partial charge in [-0.3, -0.25) is 39.5 Å². The first-order valence-corrected chi connectivity index (χ1v) is 19.8. The van der Waals surface area contributed by atoms with Crippen molar-refractivity contribution in [3.05, 3.63) is 229 Å². The van der Waals surface area contributed by atoms with Crippen LogP contribution in [-0.4, -0.2) is 95.7 Å². The van der Waals surface area contributed by atoms with E-state index in [9.17, 15) is 9.59 Å². The number of benzene rings is 2. The van der Waals surface area contributed by atoms with Crippen molar-refractivity contribution in [3.8, 4) is 11.5 Å². The van der Waals surface area contributed by atoms with E-state index in [-0.39, 0.29) is 67.1 Å². The Balaban J connectivity index is -0.000000254. The van der Waals surface area contributed by atoms with Crippen molar-refractivity contribution in [2.75, 3.05) is 10.6 Å². The van der Waals surface area contributed by atoms with Gasteiger partial charge in [0.15, 0.2) is 0 Å². The molecule has 6 aromatic heterocycles. The molecule has 20 N–H and O–H groups in total. The molecular weight excluding hydrogens is 929 g/mol. The zero-order valence-electron chi connectivity index (χ0n) is 39.3. The summed E-state index contributed by atoms with van der Waals surface area (Å²) in [6.45, 7) is 2.87. The van der Waals surface area contributed by atoms with E-state index in [2.05, 4.69) is 77.0 Å². The van der Waals surface area contributed by atoms with E-state index in [0.29, 0.717) is 11.4 Å². The van der Waals surface area contributed by atoms with E-state index in [1.165, 1.54) is 38.1 Å².